The van der Waals surface area contributed by atoms with Gasteiger partial charge in [-0.2, -0.15) is 0 Å². The van der Waals surface area contributed by atoms with Gasteiger partial charge in [0.25, 0.3) is 5.69 Å². The van der Waals surface area contributed by atoms with E-state index in [-0.39, 0.29) is 12.2 Å². The van der Waals surface area contributed by atoms with E-state index in [0.29, 0.717) is 21.3 Å². The van der Waals surface area contributed by atoms with Gasteiger partial charge in [0.2, 0.25) is 0 Å². The van der Waals surface area contributed by atoms with E-state index in [4.69, 9.17) is 23.2 Å². The number of nitrogens with zero attached hydrogens (tertiary/aromatic N) is 1. The smallest absolute Gasteiger partial charge is 0.274 e. The van der Waals surface area contributed by atoms with Crippen LogP contribution in [0.1, 0.15) is 5.56 Å². The van der Waals surface area contributed by atoms with Crippen LogP contribution in [-0.4, -0.2) is 4.92 Å². The molecule has 0 radical (unpaired) electrons. The predicted molar refractivity (Wildman–Crippen MR) is 92.3 cm³/mol. The molecule has 2 aromatic carbocycles. The summed E-state index contributed by atoms with van der Waals surface area (Å²) in [6, 6.07) is 8.16. The molecule has 8 heteroatoms. The maximum atomic E-state index is 11.0. The monoisotopic (exact) mass is 452 g/mol. The van der Waals surface area contributed by atoms with E-state index < -0.39 is 4.92 Å². The van der Waals surface area contributed by atoms with Crippen LogP contribution in [0.25, 0.3) is 0 Å². The molecule has 4 nitrogen and oxygen atoms in total. The summed E-state index contributed by atoms with van der Waals surface area (Å²) in [4.78, 5) is 10.6. The van der Waals surface area contributed by atoms with E-state index in [2.05, 4.69) is 37.2 Å². The number of nitro benzene ring substituents is 1. The topological polar surface area (TPSA) is 55.2 Å². The van der Waals surface area contributed by atoms with Crippen molar-refractivity contribution >= 4 is 66.4 Å². The summed E-state index contributed by atoms with van der Waals surface area (Å²) in [5.41, 5.74) is 1.11. The Bertz CT molecular complexity index is 688. The molecule has 2 aromatic rings. The first-order chi connectivity index (χ1) is 9.88. The summed E-state index contributed by atoms with van der Waals surface area (Å²) in [5, 5.41) is 14.9. The van der Waals surface area contributed by atoms with Gasteiger partial charge in [0, 0.05) is 27.1 Å². The summed E-state index contributed by atoms with van der Waals surface area (Å²) in [7, 11) is 0. The number of anilines is 1. The van der Waals surface area contributed by atoms with Crippen LogP contribution in [0.2, 0.25) is 10.0 Å². The molecule has 0 spiro atoms. The number of nitro groups is 1. The molecule has 0 aliphatic heterocycles. The lowest BCUT2D eigenvalue weighted by Gasteiger charge is -2.11. The van der Waals surface area contributed by atoms with Gasteiger partial charge < -0.3 is 5.32 Å². The second-order valence-corrected chi connectivity index (χ2v) is 6.77. The maximum absolute atomic E-state index is 11.0. The molecule has 0 unspecified atom stereocenters. The van der Waals surface area contributed by atoms with Crippen LogP contribution in [0.4, 0.5) is 11.4 Å². The van der Waals surface area contributed by atoms with Crippen molar-refractivity contribution in [2.24, 2.45) is 0 Å². The average Bonchev–Trinajstić information content (AvgIpc) is 2.37. The molecule has 0 aromatic heterocycles. The Morgan fingerprint density at radius 1 is 1.10 bits per heavy atom. The van der Waals surface area contributed by atoms with Crippen molar-refractivity contribution in [3.63, 3.8) is 0 Å². The lowest BCUT2D eigenvalue weighted by Crippen LogP contribution is -2.04. The normalized spacial score (nSPS) is 10.5. The van der Waals surface area contributed by atoms with E-state index in [1.54, 1.807) is 24.3 Å². The van der Waals surface area contributed by atoms with E-state index in [1.165, 1.54) is 6.07 Å². The third-order valence-corrected chi connectivity index (χ3v) is 4.25. The molecule has 21 heavy (non-hydrogen) atoms. The van der Waals surface area contributed by atoms with E-state index in [1.807, 2.05) is 0 Å². The second-order valence-electron chi connectivity index (χ2n) is 4.13. The molecule has 0 saturated carbocycles. The highest BCUT2D eigenvalue weighted by atomic mass is 79.9. The largest absolute Gasteiger partial charge is 0.378 e. The molecular weight excluding hydrogens is 447 g/mol. The average molecular weight is 455 g/mol. The maximum Gasteiger partial charge on any atom is 0.274 e. The van der Waals surface area contributed by atoms with Crippen LogP contribution < -0.4 is 5.32 Å². The number of hydrogen-bond acceptors (Lipinski definition) is 3. The molecular formula is C13H8Br2Cl2N2O2. The minimum Gasteiger partial charge on any atom is -0.378 e. The van der Waals surface area contributed by atoms with Crippen LogP contribution in [0.5, 0.6) is 0 Å². The molecule has 0 amide bonds. The number of nitrogens with one attached hydrogen (secondary N) is 1. The molecule has 0 heterocycles. The van der Waals surface area contributed by atoms with Crippen LogP contribution in [-0.2, 0) is 6.54 Å². The van der Waals surface area contributed by atoms with Gasteiger partial charge in [-0.15, -0.1) is 0 Å². The minimum atomic E-state index is -0.422. The highest BCUT2D eigenvalue weighted by Crippen LogP contribution is 2.34. The first-order valence-electron chi connectivity index (χ1n) is 5.69. The molecule has 0 aliphatic rings. The lowest BCUT2D eigenvalue weighted by atomic mass is 10.1. The Morgan fingerprint density at radius 3 is 2.29 bits per heavy atom. The highest BCUT2D eigenvalue weighted by Gasteiger charge is 2.15. The fourth-order valence-corrected chi connectivity index (χ4v) is 3.52. The quantitative estimate of drug-likeness (QED) is 0.452. The zero-order valence-corrected chi connectivity index (χ0v) is 15.1. The van der Waals surface area contributed by atoms with Gasteiger partial charge in [-0.3, -0.25) is 10.1 Å². The van der Waals surface area contributed by atoms with Crippen LogP contribution in [0, 0.1) is 10.1 Å². The number of rotatable bonds is 4. The van der Waals surface area contributed by atoms with Gasteiger partial charge in [0.05, 0.1) is 20.7 Å². The van der Waals surface area contributed by atoms with Crippen molar-refractivity contribution in [1.82, 2.24) is 0 Å². The molecule has 110 valence electrons. The summed E-state index contributed by atoms with van der Waals surface area (Å²) in [6.45, 7) is 0.233. The fourth-order valence-electron chi connectivity index (χ4n) is 1.77. The Kier molecular flexibility index (Phi) is 5.48. The van der Waals surface area contributed by atoms with Crippen LogP contribution in [0.3, 0.4) is 0 Å². The van der Waals surface area contributed by atoms with E-state index >= 15 is 0 Å². The standard InChI is InChI=1S/C13H8Br2Cl2N2O2/c14-8-1-2-12(19(20)21)7(3-8)6-18-13-10(16)4-9(15)5-11(13)17/h1-5,18H,6H2. The van der Waals surface area contributed by atoms with Crippen LogP contribution in [0.15, 0.2) is 39.3 Å². The van der Waals surface area contributed by atoms with Gasteiger partial charge in [-0.25, -0.2) is 0 Å². The van der Waals surface area contributed by atoms with E-state index in [0.717, 1.165) is 8.95 Å². The van der Waals surface area contributed by atoms with E-state index in [9.17, 15) is 10.1 Å². The second kappa shape index (κ2) is 6.96. The van der Waals surface area contributed by atoms with Gasteiger partial charge in [0.1, 0.15) is 0 Å². The van der Waals surface area contributed by atoms with Gasteiger partial charge in [-0.05, 0) is 24.3 Å². The highest BCUT2D eigenvalue weighted by molar-refractivity contribution is 9.10. The third-order valence-electron chi connectivity index (χ3n) is 2.70. The summed E-state index contributed by atoms with van der Waals surface area (Å²) in [5.74, 6) is 0. The molecule has 0 atom stereocenters. The summed E-state index contributed by atoms with van der Waals surface area (Å²) >= 11 is 18.8. The zero-order chi connectivity index (χ0) is 15.6. The van der Waals surface area contributed by atoms with Crippen molar-refractivity contribution in [3.05, 3.63) is 65.0 Å². The number of benzene rings is 2. The molecule has 1 N–H and O–H groups in total. The van der Waals surface area contributed by atoms with Crippen molar-refractivity contribution in [2.75, 3.05) is 5.32 Å². The van der Waals surface area contributed by atoms with Crippen molar-refractivity contribution < 1.29 is 4.92 Å². The first-order valence-corrected chi connectivity index (χ1v) is 8.04. The molecule has 0 fully saturated rings. The molecule has 0 bridgehead atoms. The van der Waals surface area contributed by atoms with Gasteiger partial charge in [-0.1, -0.05) is 55.1 Å². The van der Waals surface area contributed by atoms with Gasteiger partial charge >= 0.3 is 0 Å². The number of hydrogen-bond donors (Lipinski definition) is 1. The van der Waals surface area contributed by atoms with Gasteiger partial charge in [0.15, 0.2) is 0 Å². The predicted octanol–water partition coefficient (Wildman–Crippen LogP) is 6.04. The Hall–Kier alpha value is -0.820. The Morgan fingerprint density at radius 2 is 1.71 bits per heavy atom. The Balaban J connectivity index is 2.28. The van der Waals surface area contributed by atoms with Crippen LogP contribution >= 0.6 is 55.1 Å². The Labute approximate surface area is 147 Å². The summed E-state index contributed by atoms with van der Waals surface area (Å²) in [6.07, 6.45) is 0. The van der Waals surface area contributed by atoms with Crippen molar-refractivity contribution in [1.29, 1.82) is 0 Å². The summed E-state index contributed by atoms with van der Waals surface area (Å²) < 4.78 is 1.52. The third kappa shape index (κ3) is 4.10. The molecule has 2 rings (SSSR count). The molecule has 0 aliphatic carbocycles. The number of halogens is 4. The first kappa shape index (κ1) is 16.5. The van der Waals surface area contributed by atoms with Crippen molar-refractivity contribution in [2.45, 2.75) is 6.54 Å². The molecule has 0 saturated heterocycles. The SMILES string of the molecule is O=[N+]([O-])c1ccc(Br)cc1CNc1c(Cl)cc(Br)cc1Cl. The lowest BCUT2D eigenvalue weighted by molar-refractivity contribution is -0.385. The zero-order valence-electron chi connectivity index (χ0n) is 10.4. The van der Waals surface area contributed by atoms with Crippen molar-refractivity contribution in [3.8, 4) is 0 Å². The minimum absolute atomic E-state index is 0.0371. The fraction of sp³-hybridized carbons (Fsp3) is 0.0769.